The molecule has 3 heterocycles. The van der Waals surface area contributed by atoms with Crippen LogP contribution in [0.3, 0.4) is 0 Å². The van der Waals surface area contributed by atoms with E-state index in [0.717, 1.165) is 29.3 Å². The molecule has 1 aliphatic heterocycles. The lowest BCUT2D eigenvalue weighted by Crippen LogP contribution is -2.17. The van der Waals surface area contributed by atoms with Crippen LogP contribution in [0, 0.1) is 6.92 Å². The number of halogens is 3. The zero-order valence-corrected chi connectivity index (χ0v) is 16.3. The van der Waals surface area contributed by atoms with Crippen LogP contribution in [0.5, 0.6) is 0 Å². The number of rotatable bonds is 3. The van der Waals surface area contributed by atoms with E-state index in [0.29, 0.717) is 35.7 Å². The highest BCUT2D eigenvalue weighted by Crippen LogP contribution is 2.34. The fraction of sp³-hybridized carbons (Fsp3) is 0.286. The SMILES string of the molecule is Cc1nc(CN(C)C)n2c1CN=C(c1ccccn1)c1cc(C(F)(F)F)ccc1-2. The van der Waals surface area contributed by atoms with E-state index in [9.17, 15) is 13.2 Å². The predicted octanol–water partition coefficient (Wildman–Crippen LogP) is 4.01. The molecule has 0 bridgehead atoms. The largest absolute Gasteiger partial charge is 0.416 e. The normalized spacial score (nSPS) is 13.7. The molecule has 0 N–H and O–H groups in total. The number of hydrogen-bond donors (Lipinski definition) is 0. The molecule has 0 amide bonds. The molecule has 0 radical (unpaired) electrons. The average molecular weight is 399 g/mol. The van der Waals surface area contributed by atoms with Crippen molar-refractivity contribution in [3.8, 4) is 5.69 Å². The van der Waals surface area contributed by atoms with E-state index in [-0.39, 0.29) is 0 Å². The quantitative estimate of drug-likeness (QED) is 0.669. The van der Waals surface area contributed by atoms with Gasteiger partial charge in [0.2, 0.25) is 0 Å². The first-order valence-electron chi connectivity index (χ1n) is 9.15. The van der Waals surface area contributed by atoms with E-state index in [1.165, 1.54) is 6.07 Å². The molecule has 8 heteroatoms. The topological polar surface area (TPSA) is 46.3 Å². The molecule has 3 aromatic rings. The molecule has 1 aliphatic rings. The third-order valence-electron chi connectivity index (χ3n) is 4.81. The maximum absolute atomic E-state index is 13.5. The molecule has 2 aromatic heterocycles. The molecule has 5 nitrogen and oxygen atoms in total. The molecule has 1 aromatic carbocycles. The summed E-state index contributed by atoms with van der Waals surface area (Å²) in [5.74, 6) is 0.765. The van der Waals surface area contributed by atoms with Gasteiger partial charge in [-0.3, -0.25) is 14.5 Å². The zero-order chi connectivity index (χ0) is 20.8. The summed E-state index contributed by atoms with van der Waals surface area (Å²) in [5, 5.41) is 0. The number of aliphatic imine (C=N–C) groups is 1. The Hall–Kier alpha value is -3.00. The minimum Gasteiger partial charge on any atom is -0.302 e. The van der Waals surface area contributed by atoms with Gasteiger partial charge in [0, 0.05) is 11.8 Å². The van der Waals surface area contributed by atoms with Crippen molar-refractivity contribution in [2.24, 2.45) is 4.99 Å². The molecule has 0 spiro atoms. The van der Waals surface area contributed by atoms with Gasteiger partial charge < -0.3 is 4.90 Å². The summed E-state index contributed by atoms with van der Waals surface area (Å²) in [6.45, 7) is 2.77. The molecule has 0 aliphatic carbocycles. The van der Waals surface area contributed by atoms with Crippen LogP contribution in [0.4, 0.5) is 13.2 Å². The lowest BCUT2D eigenvalue weighted by Gasteiger charge is -2.18. The van der Waals surface area contributed by atoms with Gasteiger partial charge in [-0.25, -0.2) is 4.98 Å². The lowest BCUT2D eigenvalue weighted by molar-refractivity contribution is -0.137. The van der Waals surface area contributed by atoms with E-state index in [2.05, 4.69) is 15.0 Å². The van der Waals surface area contributed by atoms with Gasteiger partial charge in [0.25, 0.3) is 0 Å². The molecule has 29 heavy (non-hydrogen) atoms. The number of hydrogen-bond acceptors (Lipinski definition) is 4. The second kappa shape index (κ2) is 7.11. The molecule has 0 saturated carbocycles. The number of imidazole rings is 1. The summed E-state index contributed by atoms with van der Waals surface area (Å²) in [5.41, 5.74) is 2.99. The molecule has 150 valence electrons. The third-order valence-corrected chi connectivity index (χ3v) is 4.81. The van der Waals surface area contributed by atoms with Gasteiger partial charge in [0.1, 0.15) is 5.82 Å². The van der Waals surface area contributed by atoms with Crippen molar-refractivity contribution in [1.82, 2.24) is 19.4 Å². The Labute approximate surface area is 166 Å². The van der Waals surface area contributed by atoms with Crippen molar-refractivity contribution >= 4 is 5.71 Å². The molecular weight excluding hydrogens is 379 g/mol. The maximum Gasteiger partial charge on any atom is 0.416 e. The van der Waals surface area contributed by atoms with E-state index >= 15 is 0 Å². The van der Waals surface area contributed by atoms with E-state index in [4.69, 9.17) is 0 Å². The van der Waals surface area contributed by atoms with Gasteiger partial charge in [0.15, 0.2) is 0 Å². The monoisotopic (exact) mass is 399 g/mol. The fourth-order valence-corrected chi connectivity index (χ4v) is 3.54. The van der Waals surface area contributed by atoms with Gasteiger partial charge in [0.05, 0.1) is 47.1 Å². The Morgan fingerprint density at radius 3 is 2.59 bits per heavy atom. The number of aromatic nitrogens is 3. The van der Waals surface area contributed by atoms with Crippen molar-refractivity contribution in [3.05, 3.63) is 76.6 Å². The molecule has 0 fully saturated rings. The first kappa shape index (κ1) is 19.3. The summed E-state index contributed by atoms with van der Waals surface area (Å²) >= 11 is 0. The Morgan fingerprint density at radius 1 is 1.14 bits per heavy atom. The highest BCUT2D eigenvalue weighted by Gasteiger charge is 2.33. The molecule has 4 rings (SSSR count). The Bertz CT molecular complexity index is 1080. The number of nitrogens with zero attached hydrogens (tertiary/aromatic N) is 5. The summed E-state index contributed by atoms with van der Waals surface area (Å²) in [7, 11) is 3.86. The van der Waals surface area contributed by atoms with Gasteiger partial charge in [-0.05, 0) is 51.4 Å². The first-order valence-corrected chi connectivity index (χ1v) is 9.15. The molecule has 0 atom stereocenters. The van der Waals surface area contributed by atoms with Crippen LogP contribution in [-0.2, 0) is 19.3 Å². The van der Waals surface area contributed by atoms with Crippen LogP contribution in [-0.4, -0.2) is 39.2 Å². The van der Waals surface area contributed by atoms with E-state index in [1.807, 2.05) is 30.5 Å². The van der Waals surface area contributed by atoms with Crippen LogP contribution in [0.15, 0.2) is 47.6 Å². The van der Waals surface area contributed by atoms with Crippen molar-refractivity contribution in [1.29, 1.82) is 0 Å². The van der Waals surface area contributed by atoms with Crippen LogP contribution >= 0.6 is 0 Å². The Morgan fingerprint density at radius 2 is 1.93 bits per heavy atom. The summed E-state index contributed by atoms with van der Waals surface area (Å²) in [4.78, 5) is 15.6. The number of benzene rings is 1. The van der Waals surface area contributed by atoms with Gasteiger partial charge in [-0.15, -0.1) is 0 Å². The highest BCUT2D eigenvalue weighted by atomic mass is 19.4. The van der Waals surface area contributed by atoms with E-state index < -0.39 is 11.7 Å². The second-order valence-electron chi connectivity index (χ2n) is 7.24. The number of aryl methyl sites for hydroxylation is 1. The Kier molecular flexibility index (Phi) is 4.74. The Balaban J connectivity index is 2.00. The van der Waals surface area contributed by atoms with Crippen molar-refractivity contribution in [2.45, 2.75) is 26.2 Å². The van der Waals surface area contributed by atoms with Crippen LogP contribution in [0.25, 0.3) is 5.69 Å². The summed E-state index contributed by atoms with van der Waals surface area (Å²) in [6.07, 6.45) is -2.84. The third kappa shape index (κ3) is 3.55. The highest BCUT2D eigenvalue weighted by molar-refractivity contribution is 6.14. The number of alkyl halides is 3. The minimum absolute atomic E-state index is 0.314. The maximum atomic E-state index is 13.5. The second-order valence-corrected chi connectivity index (χ2v) is 7.24. The fourth-order valence-electron chi connectivity index (χ4n) is 3.54. The molecule has 0 unspecified atom stereocenters. The number of fused-ring (bicyclic) bond motifs is 3. The molecule has 0 saturated heterocycles. The number of pyridine rings is 1. The van der Waals surface area contributed by atoms with Crippen LogP contribution < -0.4 is 0 Å². The first-order chi connectivity index (χ1) is 13.8. The van der Waals surface area contributed by atoms with E-state index in [1.54, 1.807) is 24.4 Å². The summed E-state index contributed by atoms with van der Waals surface area (Å²) < 4.78 is 42.3. The standard InChI is InChI=1S/C21H20F3N5/c1-13-18-11-26-20(16-6-4-5-9-25-16)15-10-14(21(22,23)24)7-8-17(15)29(18)19(27-13)12-28(2)3/h4-10H,11-12H2,1-3H3. The van der Waals surface area contributed by atoms with Crippen molar-refractivity contribution in [2.75, 3.05) is 14.1 Å². The predicted molar refractivity (Wildman–Crippen MR) is 104 cm³/mol. The van der Waals surface area contributed by atoms with Gasteiger partial charge in [-0.2, -0.15) is 13.2 Å². The smallest absolute Gasteiger partial charge is 0.302 e. The van der Waals surface area contributed by atoms with Gasteiger partial charge >= 0.3 is 6.18 Å². The minimum atomic E-state index is -4.45. The lowest BCUT2D eigenvalue weighted by atomic mass is 10.0. The average Bonchev–Trinajstić information content (AvgIpc) is 2.86. The van der Waals surface area contributed by atoms with Crippen molar-refractivity contribution in [3.63, 3.8) is 0 Å². The van der Waals surface area contributed by atoms with Gasteiger partial charge in [-0.1, -0.05) is 6.07 Å². The van der Waals surface area contributed by atoms with Crippen LogP contribution in [0.1, 0.15) is 34.0 Å². The summed E-state index contributed by atoms with van der Waals surface area (Å²) in [6, 6.07) is 9.10. The molecular formula is C21H20F3N5. The van der Waals surface area contributed by atoms with Crippen molar-refractivity contribution < 1.29 is 13.2 Å². The zero-order valence-electron chi connectivity index (χ0n) is 16.3. The van der Waals surface area contributed by atoms with Crippen LogP contribution in [0.2, 0.25) is 0 Å².